The normalized spacial score (nSPS) is 10.3. The number of benzene rings is 2. The number of methoxy groups -OCH3 is 2. The molecule has 0 aliphatic carbocycles. The second-order valence-corrected chi connectivity index (χ2v) is 6.51. The van der Waals surface area contributed by atoms with Crippen molar-refractivity contribution in [1.29, 1.82) is 0 Å². The molecule has 0 atom stereocenters. The highest BCUT2D eigenvalue weighted by Crippen LogP contribution is 2.25. The highest BCUT2D eigenvalue weighted by atomic mass is 35.5. The third-order valence-electron chi connectivity index (χ3n) is 4.09. The van der Waals surface area contributed by atoms with E-state index in [1.807, 2.05) is 31.2 Å². The van der Waals surface area contributed by atoms with Crippen molar-refractivity contribution >= 4 is 34.7 Å². The molecule has 2 aromatic carbocycles. The molecule has 3 aromatic rings. The molecule has 3 rings (SSSR count). The fraction of sp³-hybridized carbons (Fsp3) is 0.143. The average Bonchev–Trinajstić information content (AvgIpc) is 2.71. The summed E-state index contributed by atoms with van der Waals surface area (Å²) in [6, 6.07) is 14.1. The van der Waals surface area contributed by atoms with Gasteiger partial charge in [0.05, 0.1) is 26.1 Å². The number of hydrogen-bond acceptors (Lipinski definition) is 5. The van der Waals surface area contributed by atoms with Crippen LogP contribution in [-0.2, 0) is 0 Å². The van der Waals surface area contributed by atoms with E-state index >= 15 is 0 Å². The number of anilines is 3. The van der Waals surface area contributed by atoms with Crippen LogP contribution in [0.4, 0.5) is 17.2 Å². The van der Waals surface area contributed by atoms with Gasteiger partial charge in [-0.2, -0.15) is 0 Å². The Morgan fingerprint density at radius 1 is 1.00 bits per heavy atom. The zero-order valence-electron chi connectivity index (χ0n) is 15.7. The summed E-state index contributed by atoms with van der Waals surface area (Å²) in [5.74, 6) is 1.20. The van der Waals surface area contributed by atoms with Gasteiger partial charge in [-0.15, -0.1) is 0 Å². The number of halogens is 1. The lowest BCUT2D eigenvalue weighted by atomic mass is 10.2. The fourth-order valence-corrected chi connectivity index (χ4v) is 2.82. The summed E-state index contributed by atoms with van der Waals surface area (Å²) >= 11 is 5.98. The maximum absolute atomic E-state index is 12.5. The van der Waals surface area contributed by atoms with Crippen molar-refractivity contribution in [3.8, 4) is 11.5 Å². The van der Waals surface area contributed by atoms with Gasteiger partial charge >= 0.3 is 0 Å². The summed E-state index contributed by atoms with van der Waals surface area (Å²) in [4.78, 5) is 16.8. The molecule has 0 unspecified atom stereocenters. The summed E-state index contributed by atoms with van der Waals surface area (Å²) in [6.07, 6.45) is 1.65. The second kappa shape index (κ2) is 8.63. The highest BCUT2D eigenvalue weighted by Gasteiger charge is 2.11. The summed E-state index contributed by atoms with van der Waals surface area (Å²) in [5, 5.41) is 6.73. The van der Waals surface area contributed by atoms with Crippen LogP contribution in [0.2, 0.25) is 5.02 Å². The number of carbonyl (C=O) groups excluding carboxylic acids is 1. The summed E-state index contributed by atoms with van der Waals surface area (Å²) in [5.41, 5.74) is 3.17. The first-order chi connectivity index (χ1) is 13.5. The van der Waals surface area contributed by atoms with Crippen molar-refractivity contribution in [2.24, 2.45) is 0 Å². The van der Waals surface area contributed by atoms with Crippen molar-refractivity contribution in [3.05, 3.63) is 70.9 Å². The van der Waals surface area contributed by atoms with Crippen LogP contribution in [0.25, 0.3) is 0 Å². The van der Waals surface area contributed by atoms with E-state index in [0.29, 0.717) is 27.9 Å². The predicted octanol–water partition coefficient (Wildman–Crippen LogP) is 5.06. The molecule has 0 saturated heterocycles. The molecule has 0 bridgehead atoms. The van der Waals surface area contributed by atoms with Crippen molar-refractivity contribution in [1.82, 2.24) is 4.98 Å². The average molecular weight is 398 g/mol. The van der Waals surface area contributed by atoms with E-state index in [0.717, 1.165) is 16.9 Å². The topological polar surface area (TPSA) is 72.5 Å². The molecule has 0 saturated carbocycles. The number of nitrogens with zero attached hydrogens (tertiary/aromatic N) is 1. The van der Waals surface area contributed by atoms with Gasteiger partial charge < -0.3 is 20.1 Å². The number of rotatable bonds is 6. The molecule has 1 heterocycles. The molecule has 0 aliphatic rings. The van der Waals surface area contributed by atoms with E-state index in [4.69, 9.17) is 21.1 Å². The molecule has 1 aromatic heterocycles. The fourth-order valence-electron chi connectivity index (χ4n) is 2.59. The SMILES string of the molecule is COc1cc(OC)cc(C(=O)Nc2ccc(Nc3ccc(Cl)cc3C)cn2)c1. The summed E-state index contributed by atoms with van der Waals surface area (Å²) in [7, 11) is 3.07. The Hall–Kier alpha value is -3.25. The molecule has 28 heavy (non-hydrogen) atoms. The number of hydrogen-bond donors (Lipinski definition) is 2. The largest absolute Gasteiger partial charge is 0.497 e. The van der Waals surface area contributed by atoms with Crippen molar-refractivity contribution in [3.63, 3.8) is 0 Å². The first-order valence-corrected chi connectivity index (χ1v) is 8.90. The lowest BCUT2D eigenvalue weighted by molar-refractivity contribution is 0.102. The van der Waals surface area contributed by atoms with Crippen LogP contribution < -0.4 is 20.1 Å². The highest BCUT2D eigenvalue weighted by molar-refractivity contribution is 6.30. The van der Waals surface area contributed by atoms with Gasteiger partial charge in [0.25, 0.3) is 5.91 Å². The maximum Gasteiger partial charge on any atom is 0.257 e. The zero-order chi connectivity index (χ0) is 20.1. The van der Waals surface area contributed by atoms with Crippen LogP contribution in [0.15, 0.2) is 54.7 Å². The van der Waals surface area contributed by atoms with Crippen LogP contribution >= 0.6 is 11.6 Å². The predicted molar refractivity (Wildman–Crippen MR) is 111 cm³/mol. The van der Waals surface area contributed by atoms with Gasteiger partial charge in [0.1, 0.15) is 17.3 Å². The van der Waals surface area contributed by atoms with E-state index in [2.05, 4.69) is 15.6 Å². The minimum Gasteiger partial charge on any atom is -0.497 e. The van der Waals surface area contributed by atoms with E-state index in [-0.39, 0.29) is 5.91 Å². The maximum atomic E-state index is 12.5. The lowest BCUT2D eigenvalue weighted by Crippen LogP contribution is -2.13. The quantitative estimate of drug-likeness (QED) is 0.608. The Morgan fingerprint density at radius 2 is 1.71 bits per heavy atom. The molecule has 0 radical (unpaired) electrons. The molecular formula is C21H20ClN3O3. The van der Waals surface area contributed by atoms with Crippen molar-refractivity contribution < 1.29 is 14.3 Å². The monoisotopic (exact) mass is 397 g/mol. The molecule has 7 heteroatoms. The van der Waals surface area contributed by atoms with Crippen LogP contribution in [-0.4, -0.2) is 25.1 Å². The van der Waals surface area contributed by atoms with Gasteiger partial charge in [0, 0.05) is 22.3 Å². The second-order valence-electron chi connectivity index (χ2n) is 6.07. The summed E-state index contributed by atoms with van der Waals surface area (Å²) in [6.45, 7) is 1.97. The first-order valence-electron chi connectivity index (χ1n) is 8.52. The van der Waals surface area contributed by atoms with Gasteiger partial charge in [0.15, 0.2) is 0 Å². The van der Waals surface area contributed by atoms with Gasteiger partial charge in [-0.3, -0.25) is 4.79 Å². The Labute approximate surface area is 168 Å². The standard InChI is InChI=1S/C21H20ClN3O3/c1-13-8-15(22)4-6-19(13)24-16-5-7-20(23-12-16)25-21(26)14-9-17(27-2)11-18(10-14)28-3/h4-12,24H,1-3H3,(H,23,25,26). The van der Waals surface area contributed by atoms with E-state index in [1.165, 1.54) is 14.2 Å². The van der Waals surface area contributed by atoms with Crippen LogP contribution in [0, 0.1) is 6.92 Å². The van der Waals surface area contributed by atoms with Gasteiger partial charge in [-0.05, 0) is 55.0 Å². The molecule has 1 amide bonds. The molecule has 0 fully saturated rings. The number of nitrogens with one attached hydrogen (secondary N) is 2. The van der Waals surface area contributed by atoms with Gasteiger partial charge in [-0.1, -0.05) is 11.6 Å². The number of ether oxygens (including phenoxy) is 2. The minimum atomic E-state index is -0.307. The van der Waals surface area contributed by atoms with Crippen LogP contribution in [0.5, 0.6) is 11.5 Å². The van der Waals surface area contributed by atoms with E-state index in [9.17, 15) is 4.79 Å². The Morgan fingerprint density at radius 3 is 2.29 bits per heavy atom. The van der Waals surface area contributed by atoms with Crippen molar-refractivity contribution in [2.75, 3.05) is 24.9 Å². The molecule has 144 valence electrons. The lowest BCUT2D eigenvalue weighted by Gasteiger charge is -2.11. The van der Waals surface area contributed by atoms with Crippen molar-refractivity contribution in [2.45, 2.75) is 6.92 Å². The summed E-state index contributed by atoms with van der Waals surface area (Å²) < 4.78 is 10.4. The van der Waals surface area contributed by atoms with Gasteiger partial charge in [-0.25, -0.2) is 4.98 Å². The molecule has 2 N–H and O–H groups in total. The minimum absolute atomic E-state index is 0.307. The molecule has 0 aliphatic heterocycles. The van der Waals surface area contributed by atoms with Gasteiger partial charge in [0.2, 0.25) is 0 Å². The third-order valence-corrected chi connectivity index (χ3v) is 4.32. The van der Waals surface area contributed by atoms with Crippen LogP contribution in [0.3, 0.4) is 0 Å². The molecule has 6 nitrogen and oxygen atoms in total. The third kappa shape index (κ3) is 4.72. The Balaban J connectivity index is 1.71. The number of carbonyl (C=O) groups is 1. The van der Waals surface area contributed by atoms with E-state index in [1.54, 1.807) is 30.5 Å². The zero-order valence-corrected chi connectivity index (χ0v) is 16.5. The first kappa shape index (κ1) is 19.5. The number of aryl methyl sites for hydroxylation is 1. The number of amides is 1. The molecule has 0 spiro atoms. The van der Waals surface area contributed by atoms with E-state index < -0.39 is 0 Å². The molecular weight excluding hydrogens is 378 g/mol. The Kier molecular flexibility index (Phi) is 6.01. The smallest absolute Gasteiger partial charge is 0.257 e. The van der Waals surface area contributed by atoms with Crippen LogP contribution in [0.1, 0.15) is 15.9 Å². The Bertz CT molecular complexity index is 968. The number of aromatic nitrogens is 1. The number of pyridine rings is 1.